The van der Waals surface area contributed by atoms with Crippen LogP contribution in [0.2, 0.25) is 0 Å². The molecule has 5 heteroatoms. The molecule has 0 aromatic heterocycles. The van der Waals surface area contributed by atoms with Gasteiger partial charge in [-0.25, -0.2) is 0 Å². The van der Waals surface area contributed by atoms with Crippen molar-refractivity contribution >= 4 is 5.91 Å². The molecule has 2 saturated heterocycles. The molecule has 5 nitrogen and oxygen atoms in total. The fourth-order valence-electron chi connectivity index (χ4n) is 3.62. The zero-order valence-electron chi connectivity index (χ0n) is 12.6. The molecule has 1 spiro atoms. The Hall–Kier alpha value is -1.43. The van der Waals surface area contributed by atoms with Gasteiger partial charge in [0.25, 0.3) is 0 Å². The van der Waals surface area contributed by atoms with Gasteiger partial charge < -0.3 is 19.8 Å². The van der Waals surface area contributed by atoms with E-state index in [9.17, 15) is 9.90 Å². The van der Waals surface area contributed by atoms with Gasteiger partial charge in [0.1, 0.15) is 6.61 Å². The number of ether oxygens (including phenoxy) is 1. The van der Waals surface area contributed by atoms with Gasteiger partial charge in [-0.15, -0.1) is 0 Å². The number of amides is 1. The van der Waals surface area contributed by atoms with E-state index in [-0.39, 0.29) is 23.7 Å². The minimum Gasteiger partial charge on any atom is -0.393 e. The normalized spacial score (nSPS) is 27.8. The Balaban J connectivity index is 1.70. The highest BCUT2D eigenvalue weighted by Crippen LogP contribution is 2.42. The maximum Gasteiger partial charge on any atom is 0.248 e. The SMILES string of the molecule is O=C(CO)N1CCC2(CC1)C[C@@H](O)C[C@H](c1ccccc1)O2. The van der Waals surface area contributed by atoms with Gasteiger partial charge in [-0.2, -0.15) is 0 Å². The predicted octanol–water partition coefficient (Wildman–Crippen LogP) is 1.25. The molecule has 2 aliphatic rings. The summed E-state index contributed by atoms with van der Waals surface area (Å²) in [5.41, 5.74) is 0.735. The lowest BCUT2D eigenvalue weighted by atomic mass is 9.81. The highest BCUT2D eigenvalue weighted by atomic mass is 16.5. The molecule has 1 aromatic rings. The van der Waals surface area contributed by atoms with Crippen LogP contribution in [0, 0.1) is 0 Å². The first kappa shape index (κ1) is 15.5. The summed E-state index contributed by atoms with van der Waals surface area (Å²) in [7, 11) is 0. The van der Waals surface area contributed by atoms with Crippen molar-refractivity contribution in [3.63, 3.8) is 0 Å². The highest BCUT2D eigenvalue weighted by molar-refractivity contribution is 5.77. The van der Waals surface area contributed by atoms with Gasteiger partial charge >= 0.3 is 0 Å². The minimum atomic E-state index is -0.441. The monoisotopic (exact) mass is 305 g/mol. The van der Waals surface area contributed by atoms with E-state index in [1.54, 1.807) is 4.90 Å². The molecule has 0 bridgehead atoms. The quantitative estimate of drug-likeness (QED) is 0.863. The van der Waals surface area contributed by atoms with Gasteiger partial charge in [-0.05, 0) is 18.4 Å². The second kappa shape index (κ2) is 6.36. The minimum absolute atomic E-state index is 0.0926. The third kappa shape index (κ3) is 3.16. The van der Waals surface area contributed by atoms with Crippen LogP contribution >= 0.6 is 0 Å². The molecule has 1 amide bonds. The molecule has 120 valence electrons. The average Bonchev–Trinajstić information content (AvgIpc) is 2.55. The maximum absolute atomic E-state index is 11.6. The second-order valence-electron chi connectivity index (χ2n) is 6.33. The average molecular weight is 305 g/mol. The fourth-order valence-corrected chi connectivity index (χ4v) is 3.62. The standard InChI is InChI=1S/C17H23NO4/c19-12-16(21)18-8-6-17(7-9-18)11-14(20)10-15(22-17)13-4-2-1-3-5-13/h1-5,14-15,19-20H,6-12H2/t14-,15+/m0/s1. The van der Waals surface area contributed by atoms with E-state index in [2.05, 4.69) is 0 Å². The topological polar surface area (TPSA) is 70.0 Å². The summed E-state index contributed by atoms with van der Waals surface area (Å²) < 4.78 is 6.37. The molecule has 2 N–H and O–H groups in total. The van der Waals surface area contributed by atoms with Crippen molar-refractivity contribution in [3.05, 3.63) is 35.9 Å². The second-order valence-corrected chi connectivity index (χ2v) is 6.33. The van der Waals surface area contributed by atoms with Crippen LogP contribution in [0.15, 0.2) is 30.3 Å². The maximum atomic E-state index is 11.6. The Morgan fingerprint density at radius 3 is 2.59 bits per heavy atom. The van der Waals surface area contributed by atoms with Crippen LogP contribution in [-0.2, 0) is 9.53 Å². The Morgan fingerprint density at radius 1 is 1.27 bits per heavy atom. The van der Waals surface area contributed by atoms with E-state index in [0.717, 1.165) is 5.56 Å². The molecule has 2 atom stereocenters. The van der Waals surface area contributed by atoms with Crippen molar-refractivity contribution in [3.8, 4) is 0 Å². The number of carbonyl (C=O) groups excluding carboxylic acids is 1. The Kier molecular flexibility index (Phi) is 4.47. The molecule has 22 heavy (non-hydrogen) atoms. The lowest BCUT2D eigenvalue weighted by Crippen LogP contribution is -2.52. The number of benzene rings is 1. The lowest BCUT2D eigenvalue weighted by Gasteiger charge is -2.48. The van der Waals surface area contributed by atoms with Crippen LogP contribution < -0.4 is 0 Å². The van der Waals surface area contributed by atoms with Crippen LogP contribution in [-0.4, -0.2) is 52.4 Å². The van der Waals surface area contributed by atoms with Gasteiger partial charge in [-0.3, -0.25) is 4.79 Å². The number of hydrogen-bond donors (Lipinski definition) is 2. The smallest absolute Gasteiger partial charge is 0.248 e. The largest absolute Gasteiger partial charge is 0.393 e. The van der Waals surface area contributed by atoms with E-state index in [0.29, 0.717) is 38.8 Å². The van der Waals surface area contributed by atoms with Gasteiger partial charge in [0.15, 0.2) is 0 Å². The van der Waals surface area contributed by atoms with E-state index in [1.165, 1.54) is 0 Å². The zero-order valence-corrected chi connectivity index (χ0v) is 12.6. The summed E-state index contributed by atoms with van der Waals surface area (Å²) in [6, 6.07) is 9.99. The molecular formula is C17H23NO4. The predicted molar refractivity (Wildman–Crippen MR) is 81.1 cm³/mol. The van der Waals surface area contributed by atoms with Crippen LogP contribution in [0.4, 0.5) is 0 Å². The number of aliphatic hydroxyl groups is 2. The Bertz CT molecular complexity index is 511. The van der Waals surface area contributed by atoms with E-state index in [4.69, 9.17) is 9.84 Å². The molecule has 0 radical (unpaired) electrons. The van der Waals surface area contributed by atoms with Crippen LogP contribution in [0.3, 0.4) is 0 Å². The third-order valence-corrected chi connectivity index (χ3v) is 4.82. The molecule has 2 heterocycles. The third-order valence-electron chi connectivity index (χ3n) is 4.82. The number of nitrogens with zero attached hydrogens (tertiary/aromatic N) is 1. The summed E-state index contributed by atoms with van der Waals surface area (Å²) in [6.07, 6.45) is 2.19. The van der Waals surface area contributed by atoms with E-state index >= 15 is 0 Å². The van der Waals surface area contributed by atoms with Crippen LogP contribution in [0.5, 0.6) is 0 Å². The summed E-state index contributed by atoms with van der Waals surface area (Å²) in [6.45, 7) is 0.713. The van der Waals surface area contributed by atoms with Gasteiger partial charge in [0.05, 0.1) is 17.8 Å². The molecule has 0 unspecified atom stereocenters. The molecule has 2 aliphatic heterocycles. The Morgan fingerprint density at radius 2 is 1.95 bits per heavy atom. The highest BCUT2D eigenvalue weighted by Gasteiger charge is 2.44. The first-order chi connectivity index (χ1) is 10.6. The van der Waals surface area contributed by atoms with Crippen molar-refractivity contribution in [2.75, 3.05) is 19.7 Å². The number of likely N-dealkylation sites (tertiary alicyclic amines) is 1. The molecular weight excluding hydrogens is 282 g/mol. The first-order valence-corrected chi connectivity index (χ1v) is 7.91. The lowest BCUT2D eigenvalue weighted by molar-refractivity contribution is -0.186. The van der Waals surface area contributed by atoms with Crippen molar-refractivity contribution in [1.82, 2.24) is 4.90 Å². The number of carbonyl (C=O) groups is 1. The van der Waals surface area contributed by atoms with E-state index in [1.807, 2.05) is 30.3 Å². The number of piperidine rings is 1. The summed E-state index contributed by atoms with van der Waals surface area (Å²) >= 11 is 0. The Labute approximate surface area is 130 Å². The number of rotatable bonds is 2. The van der Waals surface area contributed by atoms with Crippen LogP contribution in [0.25, 0.3) is 0 Å². The van der Waals surface area contributed by atoms with Gasteiger partial charge in [0.2, 0.25) is 5.91 Å². The van der Waals surface area contributed by atoms with Crippen molar-refractivity contribution in [2.24, 2.45) is 0 Å². The van der Waals surface area contributed by atoms with Gasteiger partial charge in [-0.1, -0.05) is 30.3 Å². The number of hydrogen-bond acceptors (Lipinski definition) is 4. The molecule has 2 fully saturated rings. The van der Waals surface area contributed by atoms with Crippen LogP contribution in [0.1, 0.15) is 37.4 Å². The fraction of sp³-hybridized carbons (Fsp3) is 0.588. The summed E-state index contributed by atoms with van der Waals surface area (Å²) in [5.74, 6) is -0.231. The summed E-state index contributed by atoms with van der Waals surface area (Å²) in [5, 5.41) is 19.2. The molecule has 3 rings (SSSR count). The van der Waals surface area contributed by atoms with Crippen molar-refractivity contribution in [1.29, 1.82) is 0 Å². The molecule has 1 aromatic carbocycles. The molecule has 0 saturated carbocycles. The van der Waals surface area contributed by atoms with E-state index < -0.39 is 6.61 Å². The number of aliphatic hydroxyl groups excluding tert-OH is 2. The van der Waals surface area contributed by atoms with Gasteiger partial charge in [0, 0.05) is 25.9 Å². The van der Waals surface area contributed by atoms with Crippen molar-refractivity contribution in [2.45, 2.75) is 43.5 Å². The first-order valence-electron chi connectivity index (χ1n) is 7.91. The summed E-state index contributed by atoms with van der Waals surface area (Å²) in [4.78, 5) is 13.2. The zero-order chi connectivity index (χ0) is 15.6. The molecule has 0 aliphatic carbocycles. The van der Waals surface area contributed by atoms with Crippen molar-refractivity contribution < 1.29 is 19.7 Å².